The van der Waals surface area contributed by atoms with Crippen LogP contribution >= 0.6 is 0 Å². The monoisotopic (exact) mass is 364 g/mol. The van der Waals surface area contributed by atoms with E-state index in [1.165, 1.54) is 77.0 Å². The van der Waals surface area contributed by atoms with Crippen molar-refractivity contribution >= 4 is 0 Å². The molecule has 0 spiro atoms. The summed E-state index contributed by atoms with van der Waals surface area (Å²) < 4.78 is 0. The van der Waals surface area contributed by atoms with Gasteiger partial charge in [-0.15, -0.1) is 0 Å². The van der Waals surface area contributed by atoms with E-state index in [-0.39, 0.29) is 0 Å². The third-order valence-corrected chi connectivity index (χ3v) is 4.60. The second-order valence-corrected chi connectivity index (χ2v) is 7.15. The SMILES string of the molecule is OCCCCCCCC/C=C/C/C=C/C/C=C/CCCCCCCCO. The molecule has 0 aromatic heterocycles. The molecule has 2 heteroatoms. The Labute approximate surface area is 163 Å². The molecule has 0 bridgehead atoms. The normalized spacial score (nSPS) is 12.2. The molecule has 0 heterocycles. The average molecular weight is 365 g/mol. The lowest BCUT2D eigenvalue weighted by molar-refractivity contribution is 0.282. The van der Waals surface area contributed by atoms with Gasteiger partial charge < -0.3 is 10.2 Å². The highest BCUT2D eigenvalue weighted by Gasteiger charge is 1.90. The lowest BCUT2D eigenvalue weighted by Crippen LogP contribution is -1.83. The molecule has 0 aliphatic heterocycles. The van der Waals surface area contributed by atoms with Crippen LogP contribution in [0.3, 0.4) is 0 Å². The van der Waals surface area contributed by atoms with Crippen LogP contribution in [0.2, 0.25) is 0 Å². The molecular formula is C24H44O2. The Kier molecular flexibility index (Phi) is 23.3. The molecule has 0 saturated heterocycles. The topological polar surface area (TPSA) is 40.5 Å². The van der Waals surface area contributed by atoms with Gasteiger partial charge in [-0.05, 0) is 51.4 Å². The van der Waals surface area contributed by atoms with Crippen molar-refractivity contribution in [3.8, 4) is 0 Å². The smallest absolute Gasteiger partial charge is 0.0431 e. The van der Waals surface area contributed by atoms with Crippen LogP contribution in [0, 0.1) is 0 Å². The number of hydrogen-bond acceptors (Lipinski definition) is 2. The fourth-order valence-electron chi connectivity index (χ4n) is 2.94. The van der Waals surface area contributed by atoms with Crippen LogP contribution < -0.4 is 0 Å². The Balaban J connectivity index is 3.24. The zero-order chi connectivity index (χ0) is 19.0. The largest absolute Gasteiger partial charge is 0.396 e. The van der Waals surface area contributed by atoms with Gasteiger partial charge in [0.05, 0.1) is 0 Å². The first-order chi connectivity index (χ1) is 12.9. The molecule has 0 saturated carbocycles. The van der Waals surface area contributed by atoms with E-state index in [9.17, 15) is 0 Å². The van der Waals surface area contributed by atoms with Crippen LogP contribution in [-0.4, -0.2) is 23.4 Å². The Bertz CT molecular complexity index is 299. The maximum atomic E-state index is 8.71. The Morgan fingerprint density at radius 1 is 0.346 bits per heavy atom. The number of unbranched alkanes of at least 4 members (excludes halogenated alkanes) is 12. The third-order valence-electron chi connectivity index (χ3n) is 4.60. The van der Waals surface area contributed by atoms with Gasteiger partial charge in [-0.3, -0.25) is 0 Å². The van der Waals surface area contributed by atoms with Gasteiger partial charge >= 0.3 is 0 Å². The molecular weight excluding hydrogens is 320 g/mol. The van der Waals surface area contributed by atoms with Gasteiger partial charge in [0.1, 0.15) is 0 Å². The minimum Gasteiger partial charge on any atom is -0.396 e. The molecule has 152 valence electrons. The Hall–Kier alpha value is -0.860. The highest BCUT2D eigenvalue weighted by atomic mass is 16.3. The summed E-state index contributed by atoms with van der Waals surface area (Å²) in [6.07, 6.45) is 32.9. The van der Waals surface area contributed by atoms with Crippen molar-refractivity contribution in [3.63, 3.8) is 0 Å². The molecule has 0 rings (SSSR count). The van der Waals surface area contributed by atoms with Crippen molar-refractivity contribution in [2.75, 3.05) is 13.2 Å². The molecule has 0 aromatic carbocycles. The van der Waals surface area contributed by atoms with E-state index in [0.29, 0.717) is 13.2 Å². The van der Waals surface area contributed by atoms with Crippen molar-refractivity contribution in [2.24, 2.45) is 0 Å². The fraction of sp³-hybridized carbons (Fsp3) is 0.750. The molecule has 26 heavy (non-hydrogen) atoms. The number of allylic oxidation sites excluding steroid dienone is 6. The van der Waals surface area contributed by atoms with Crippen molar-refractivity contribution in [1.29, 1.82) is 0 Å². The van der Waals surface area contributed by atoms with Crippen LogP contribution in [0.1, 0.15) is 103 Å². The summed E-state index contributed by atoms with van der Waals surface area (Å²) >= 11 is 0. The first-order valence-corrected chi connectivity index (χ1v) is 11.1. The predicted octanol–water partition coefficient (Wildman–Crippen LogP) is 6.88. The summed E-state index contributed by atoms with van der Waals surface area (Å²) in [5, 5.41) is 17.4. The summed E-state index contributed by atoms with van der Waals surface area (Å²) in [6, 6.07) is 0. The standard InChI is InChI=1S/C24H44O2/c25-23-21-19-17-15-13-11-9-7-5-3-1-2-4-6-8-10-12-14-16-18-20-22-24-26/h1-2,5-8,25-26H,3-4,9-24H2/b2-1+,7-5+,8-6+. The second-order valence-electron chi connectivity index (χ2n) is 7.15. The van der Waals surface area contributed by atoms with Crippen molar-refractivity contribution in [3.05, 3.63) is 36.5 Å². The zero-order valence-corrected chi connectivity index (χ0v) is 17.1. The molecule has 0 radical (unpaired) electrons. The molecule has 0 aliphatic carbocycles. The number of aliphatic hydroxyl groups excluding tert-OH is 2. The first-order valence-electron chi connectivity index (χ1n) is 11.1. The first kappa shape index (κ1) is 25.1. The van der Waals surface area contributed by atoms with Gasteiger partial charge in [0.15, 0.2) is 0 Å². The van der Waals surface area contributed by atoms with E-state index in [1.807, 2.05) is 0 Å². The number of rotatable bonds is 20. The van der Waals surface area contributed by atoms with Crippen LogP contribution in [-0.2, 0) is 0 Å². The van der Waals surface area contributed by atoms with Gasteiger partial charge in [0, 0.05) is 13.2 Å². The van der Waals surface area contributed by atoms with Gasteiger partial charge in [0.25, 0.3) is 0 Å². The van der Waals surface area contributed by atoms with Crippen molar-refractivity contribution < 1.29 is 10.2 Å². The number of aliphatic hydroxyl groups is 2. The van der Waals surface area contributed by atoms with E-state index in [2.05, 4.69) is 36.5 Å². The van der Waals surface area contributed by atoms with Crippen LogP contribution in [0.5, 0.6) is 0 Å². The highest BCUT2D eigenvalue weighted by molar-refractivity contribution is 4.97. The second kappa shape index (κ2) is 24.1. The minimum atomic E-state index is 0.346. The highest BCUT2D eigenvalue weighted by Crippen LogP contribution is 2.08. The number of hydrogen-bond donors (Lipinski definition) is 2. The lowest BCUT2D eigenvalue weighted by Gasteiger charge is -1.98. The summed E-state index contributed by atoms with van der Waals surface area (Å²) in [5.41, 5.74) is 0. The molecule has 0 aromatic rings. The fourth-order valence-corrected chi connectivity index (χ4v) is 2.94. The maximum absolute atomic E-state index is 8.71. The van der Waals surface area contributed by atoms with Gasteiger partial charge in [-0.1, -0.05) is 87.8 Å². The molecule has 2 nitrogen and oxygen atoms in total. The predicted molar refractivity (Wildman–Crippen MR) is 115 cm³/mol. The summed E-state index contributed by atoms with van der Waals surface area (Å²) in [4.78, 5) is 0. The zero-order valence-electron chi connectivity index (χ0n) is 17.1. The summed E-state index contributed by atoms with van der Waals surface area (Å²) in [5.74, 6) is 0. The van der Waals surface area contributed by atoms with Gasteiger partial charge in [-0.2, -0.15) is 0 Å². The van der Waals surface area contributed by atoms with Crippen molar-refractivity contribution in [1.82, 2.24) is 0 Å². The molecule has 0 amide bonds. The van der Waals surface area contributed by atoms with Gasteiger partial charge in [-0.25, -0.2) is 0 Å². The molecule has 0 atom stereocenters. The average Bonchev–Trinajstić information content (AvgIpc) is 2.66. The molecule has 0 unspecified atom stereocenters. The van der Waals surface area contributed by atoms with E-state index < -0.39 is 0 Å². The minimum absolute atomic E-state index is 0.346. The molecule has 0 aliphatic rings. The lowest BCUT2D eigenvalue weighted by atomic mass is 10.1. The van der Waals surface area contributed by atoms with E-state index in [4.69, 9.17) is 10.2 Å². The van der Waals surface area contributed by atoms with E-state index >= 15 is 0 Å². The third kappa shape index (κ3) is 23.1. The Morgan fingerprint density at radius 3 is 1.04 bits per heavy atom. The quantitative estimate of drug-likeness (QED) is 0.182. The Morgan fingerprint density at radius 2 is 0.654 bits per heavy atom. The van der Waals surface area contributed by atoms with E-state index in [1.54, 1.807) is 0 Å². The van der Waals surface area contributed by atoms with E-state index in [0.717, 1.165) is 25.7 Å². The van der Waals surface area contributed by atoms with Gasteiger partial charge in [0.2, 0.25) is 0 Å². The van der Waals surface area contributed by atoms with Crippen molar-refractivity contribution in [2.45, 2.75) is 103 Å². The van der Waals surface area contributed by atoms with Crippen LogP contribution in [0.4, 0.5) is 0 Å². The molecule has 0 fully saturated rings. The maximum Gasteiger partial charge on any atom is 0.0431 e. The summed E-state index contributed by atoms with van der Waals surface area (Å²) in [7, 11) is 0. The van der Waals surface area contributed by atoms with Crippen LogP contribution in [0.25, 0.3) is 0 Å². The molecule has 2 N–H and O–H groups in total. The summed E-state index contributed by atoms with van der Waals surface area (Å²) in [6.45, 7) is 0.692. The van der Waals surface area contributed by atoms with Crippen LogP contribution in [0.15, 0.2) is 36.5 Å².